The molecule has 2 aromatic carbocycles. The molecule has 0 spiro atoms. The maximum absolute atomic E-state index is 12.9. The second-order valence-electron chi connectivity index (χ2n) is 8.57. The highest BCUT2D eigenvalue weighted by Crippen LogP contribution is 2.42. The van der Waals surface area contributed by atoms with E-state index in [2.05, 4.69) is 0 Å². The molecular formula is C29H38O13. The van der Waals surface area contributed by atoms with Crippen molar-refractivity contribution in [3.8, 4) is 28.7 Å². The van der Waals surface area contributed by atoms with Crippen LogP contribution >= 0.6 is 0 Å². The standard InChI is InChI=1S/C29H38O13/c1-33-24-17-21(27(31)28(32)22-18-25(34-2)29-26(19-22)41-20-42-29)3-4-23(24)40-16-15-39-14-13-38-12-11-37-10-9-36-8-7-35-6-5-30/h3-4,17-19,30H,5-16,20H2,1-2H3. The Hall–Kier alpha value is -3.46. The van der Waals surface area contributed by atoms with E-state index in [1.807, 2.05) is 0 Å². The summed E-state index contributed by atoms with van der Waals surface area (Å²) in [6, 6.07) is 7.42. The van der Waals surface area contributed by atoms with E-state index >= 15 is 0 Å². The van der Waals surface area contributed by atoms with Crippen molar-refractivity contribution in [2.45, 2.75) is 0 Å². The third-order valence-electron chi connectivity index (χ3n) is 5.76. The van der Waals surface area contributed by atoms with Crippen molar-refractivity contribution in [2.24, 2.45) is 0 Å². The van der Waals surface area contributed by atoms with E-state index in [0.29, 0.717) is 94.8 Å². The Morgan fingerprint density at radius 3 is 1.74 bits per heavy atom. The molecule has 0 fully saturated rings. The van der Waals surface area contributed by atoms with Crippen molar-refractivity contribution < 1.29 is 62.1 Å². The first-order valence-electron chi connectivity index (χ1n) is 13.5. The monoisotopic (exact) mass is 594 g/mol. The van der Waals surface area contributed by atoms with Crippen LogP contribution in [0.4, 0.5) is 0 Å². The summed E-state index contributed by atoms with van der Waals surface area (Å²) in [5.74, 6) is 0.304. The minimum atomic E-state index is -0.727. The quantitative estimate of drug-likeness (QED) is 0.114. The zero-order valence-electron chi connectivity index (χ0n) is 23.9. The topological polar surface area (TPSA) is 147 Å². The zero-order chi connectivity index (χ0) is 30.0. The molecule has 0 unspecified atom stereocenters. The van der Waals surface area contributed by atoms with E-state index in [9.17, 15) is 9.59 Å². The molecule has 3 rings (SSSR count). The van der Waals surface area contributed by atoms with Crippen molar-refractivity contribution in [1.29, 1.82) is 0 Å². The SMILES string of the molecule is COc1cc(C(=O)C(=O)c2cc(OC)c3c(c2)OCO3)ccc1OCCOCCOCCOCCOCCOCCO. The summed E-state index contributed by atoms with van der Waals surface area (Å²) < 4.78 is 53.8. The van der Waals surface area contributed by atoms with Crippen LogP contribution in [0.2, 0.25) is 0 Å². The number of ketones is 2. The van der Waals surface area contributed by atoms with Gasteiger partial charge in [-0.1, -0.05) is 0 Å². The van der Waals surface area contributed by atoms with Gasteiger partial charge in [-0.05, 0) is 30.3 Å². The van der Waals surface area contributed by atoms with Gasteiger partial charge in [0.1, 0.15) is 6.61 Å². The molecule has 42 heavy (non-hydrogen) atoms. The molecule has 1 heterocycles. The van der Waals surface area contributed by atoms with Crippen LogP contribution in [0.5, 0.6) is 28.7 Å². The molecule has 0 atom stereocenters. The Balaban J connectivity index is 1.30. The number of carbonyl (C=O) groups is 2. The maximum Gasteiger partial charge on any atom is 0.233 e. The number of fused-ring (bicyclic) bond motifs is 1. The Kier molecular flexibility index (Phi) is 14.8. The van der Waals surface area contributed by atoms with Crippen molar-refractivity contribution in [2.75, 3.05) is 100 Å². The number of aliphatic hydroxyl groups excluding tert-OH is 1. The normalized spacial score (nSPS) is 11.9. The first kappa shape index (κ1) is 33.0. The summed E-state index contributed by atoms with van der Waals surface area (Å²) in [4.78, 5) is 25.9. The van der Waals surface area contributed by atoms with Gasteiger partial charge in [0.15, 0.2) is 23.0 Å². The minimum absolute atomic E-state index is 0.00383. The van der Waals surface area contributed by atoms with Crippen LogP contribution in [0.15, 0.2) is 30.3 Å². The predicted molar refractivity (Wildman–Crippen MR) is 147 cm³/mol. The van der Waals surface area contributed by atoms with Crippen LogP contribution < -0.4 is 23.7 Å². The molecule has 0 aliphatic carbocycles. The number of rotatable bonds is 23. The number of hydrogen-bond acceptors (Lipinski definition) is 13. The number of hydrogen-bond donors (Lipinski definition) is 1. The second-order valence-corrected chi connectivity index (χ2v) is 8.57. The summed E-state index contributed by atoms with van der Waals surface area (Å²) in [6.45, 7) is 4.38. The number of methoxy groups -OCH3 is 2. The lowest BCUT2D eigenvalue weighted by Gasteiger charge is -2.12. The van der Waals surface area contributed by atoms with Crippen LogP contribution in [-0.2, 0) is 23.7 Å². The molecule has 1 N–H and O–H groups in total. The van der Waals surface area contributed by atoms with Gasteiger partial charge in [-0.15, -0.1) is 0 Å². The van der Waals surface area contributed by atoms with Crippen molar-refractivity contribution in [3.63, 3.8) is 0 Å². The number of Topliss-reactive ketones (excluding diaryl/α,β-unsaturated/α-hetero) is 2. The van der Waals surface area contributed by atoms with Crippen LogP contribution in [0.3, 0.4) is 0 Å². The average Bonchev–Trinajstić information content (AvgIpc) is 3.50. The number of ether oxygens (including phenoxy) is 10. The smallest absolute Gasteiger partial charge is 0.233 e. The highest BCUT2D eigenvalue weighted by atomic mass is 16.7. The molecule has 13 nitrogen and oxygen atoms in total. The van der Waals surface area contributed by atoms with E-state index < -0.39 is 11.6 Å². The number of carbonyl (C=O) groups excluding carboxylic acids is 2. The third-order valence-corrected chi connectivity index (χ3v) is 5.76. The Bertz CT molecular complexity index is 1120. The largest absolute Gasteiger partial charge is 0.493 e. The molecule has 1 aliphatic rings. The summed E-state index contributed by atoms with van der Waals surface area (Å²) >= 11 is 0. The van der Waals surface area contributed by atoms with E-state index in [0.717, 1.165) is 0 Å². The molecule has 0 saturated heterocycles. The molecule has 232 valence electrons. The van der Waals surface area contributed by atoms with Gasteiger partial charge in [0.25, 0.3) is 0 Å². The van der Waals surface area contributed by atoms with Gasteiger partial charge < -0.3 is 52.5 Å². The lowest BCUT2D eigenvalue weighted by atomic mass is 10.0. The molecule has 1 aliphatic heterocycles. The first-order valence-corrected chi connectivity index (χ1v) is 13.5. The number of aliphatic hydroxyl groups is 1. The van der Waals surface area contributed by atoms with Crippen LogP contribution in [0.25, 0.3) is 0 Å². The van der Waals surface area contributed by atoms with Crippen molar-refractivity contribution >= 4 is 11.6 Å². The maximum atomic E-state index is 12.9. The minimum Gasteiger partial charge on any atom is -0.493 e. The van der Waals surface area contributed by atoms with Gasteiger partial charge in [0.05, 0.1) is 86.9 Å². The fourth-order valence-electron chi connectivity index (χ4n) is 3.71. The Labute approximate surface area is 244 Å². The molecular weight excluding hydrogens is 556 g/mol. The summed E-state index contributed by atoms with van der Waals surface area (Å²) in [6.07, 6.45) is 0. The van der Waals surface area contributed by atoms with E-state index in [1.54, 1.807) is 6.07 Å². The lowest BCUT2D eigenvalue weighted by molar-refractivity contribution is -0.0147. The summed E-state index contributed by atoms with van der Waals surface area (Å²) in [5, 5.41) is 8.59. The Morgan fingerprint density at radius 1 is 0.643 bits per heavy atom. The van der Waals surface area contributed by atoms with Gasteiger partial charge in [-0.2, -0.15) is 0 Å². The Morgan fingerprint density at radius 2 is 1.17 bits per heavy atom. The highest BCUT2D eigenvalue weighted by molar-refractivity contribution is 6.49. The number of benzene rings is 2. The molecule has 13 heteroatoms. The van der Waals surface area contributed by atoms with Crippen molar-refractivity contribution in [3.05, 3.63) is 41.5 Å². The van der Waals surface area contributed by atoms with Gasteiger partial charge in [0.2, 0.25) is 24.1 Å². The molecule has 0 aromatic heterocycles. The second kappa shape index (κ2) is 18.9. The van der Waals surface area contributed by atoms with Gasteiger partial charge in [-0.3, -0.25) is 9.59 Å². The fraction of sp³-hybridized carbons (Fsp3) is 0.517. The third kappa shape index (κ3) is 10.4. The molecule has 0 amide bonds. The summed E-state index contributed by atoms with van der Waals surface area (Å²) in [7, 11) is 2.88. The average molecular weight is 595 g/mol. The van der Waals surface area contributed by atoms with Crippen LogP contribution in [0.1, 0.15) is 20.7 Å². The van der Waals surface area contributed by atoms with E-state index in [-0.39, 0.29) is 31.1 Å². The molecule has 2 aromatic rings. The van der Waals surface area contributed by atoms with Crippen LogP contribution in [0, 0.1) is 0 Å². The first-order chi connectivity index (χ1) is 20.6. The van der Waals surface area contributed by atoms with Gasteiger partial charge in [-0.25, -0.2) is 0 Å². The molecule has 0 radical (unpaired) electrons. The van der Waals surface area contributed by atoms with E-state index in [4.69, 9.17) is 52.5 Å². The zero-order valence-corrected chi connectivity index (χ0v) is 23.9. The van der Waals surface area contributed by atoms with Crippen LogP contribution in [-0.4, -0.2) is 117 Å². The molecule has 0 saturated carbocycles. The van der Waals surface area contributed by atoms with Crippen molar-refractivity contribution in [1.82, 2.24) is 0 Å². The van der Waals surface area contributed by atoms with Gasteiger partial charge >= 0.3 is 0 Å². The molecule has 0 bridgehead atoms. The predicted octanol–water partition coefficient (Wildman–Crippen LogP) is 1.95. The summed E-state index contributed by atoms with van der Waals surface area (Å²) in [5.41, 5.74) is 0.270. The van der Waals surface area contributed by atoms with E-state index in [1.165, 1.54) is 38.5 Å². The fourth-order valence-corrected chi connectivity index (χ4v) is 3.71. The highest BCUT2D eigenvalue weighted by Gasteiger charge is 2.26. The lowest BCUT2D eigenvalue weighted by Crippen LogP contribution is -2.15. The van der Waals surface area contributed by atoms with Gasteiger partial charge in [0, 0.05) is 11.1 Å².